The summed E-state index contributed by atoms with van der Waals surface area (Å²) in [4.78, 5) is 0.00153. The Morgan fingerprint density at radius 1 is 1.06 bits per heavy atom. The highest BCUT2D eigenvalue weighted by Gasteiger charge is 2.09. The van der Waals surface area contributed by atoms with Crippen molar-refractivity contribution in [3.8, 4) is 11.1 Å². The maximum atomic E-state index is 13.6. The monoisotopic (exact) mass is 329 g/mol. The molecule has 0 unspecified atom stereocenters. The molecule has 0 heterocycles. The van der Waals surface area contributed by atoms with Gasteiger partial charge in [-0.15, -0.1) is 0 Å². The van der Waals surface area contributed by atoms with Crippen molar-refractivity contribution < 1.29 is 12.8 Å². The molecule has 0 saturated heterocycles. The highest BCUT2D eigenvalue weighted by molar-refractivity contribution is 9.10. The van der Waals surface area contributed by atoms with Crippen molar-refractivity contribution in [1.82, 2.24) is 0 Å². The van der Waals surface area contributed by atoms with Gasteiger partial charge in [0.05, 0.1) is 4.90 Å². The second-order valence-corrected chi connectivity index (χ2v) is 6.17. The van der Waals surface area contributed by atoms with E-state index in [1.165, 1.54) is 30.3 Å². The first-order valence-electron chi connectivity index (χ1n) is 4.96. The summed E-state index contributed by atoms with van der Waals surface area (Å²) in [5, 5.41) is 4.99. The zero-order chi connectivity index (χ0) is 13.3. The smallest absolute Gasteiger partial charge is 0.225 e. The summed E-state index contributed by atoms with van der Waals surface area (Å²) in [5.41, 5.74) is 0.978. The molecular formula is C12H9BrFNO2S. The minimum Gasteiger partial charge on any atom is -0.225 e. The molecule has 94 valence electrons. The van der Waals surface area contributed by atoms with E-state index in [2.05, 4.69) is 15.9 Å². The van der Waals surface area contributed by atoms with Crippen molar-refractivity contribution in [3.05, 3.63) is 52.8 Å². The van der Waals surface area contributed by atoms with Crippen LogP contribution in [-0.2, 0) is 10.0 Å². The van der Waals surface area contributed by atoms with E-state index in [9.17, 15) is 12.8 Å². The summed E-state index contributed by atoms with van der Waals surface area (Å²) in [6, 6.07) is 10.3. The van der Waals surface area contributed by atoms with Crippen molar-refractivity contribution in [2.75, 3.05) is 0 Å². The molecule has 0 aliphatic carbocycles. The normalized spacial score (nSPS) is 11.5. The van der Waals surface area contributed by atoms with Crippen LogP contribution in [0.15, 0.2) is 51.8 Å². The Kier molecular flexibility index (Phi) is 3.52. The summed E-state index contributed by atoms with van der Waals surface area (Å²) < 4.78 is 36.6. The number of sulfonamides is 1. The van der Waals surface area contributed by atoms with Crippen molar-refractivity contribution in [3.63, 3.8) is 0 Å². The summed E-state index contributed by atoms with van der Waals surface area (Å²) in [6.45, 7) is 0. The van der Waals surface area contributed by atoms with Gasteiger partial charge in [0.2, 0.25) is 10.0 Å². The number of primary sulfonamides is 1. The Labute approximate surface area is 113 Å². The van der Waals surface area contributed by atoms with Gasteiger partial charge in [-0.3, -0.25) is 0 Å². The lowest BCUT2D eigenvalue weighted by atomic mass is 10.1. The molecule has 0 amide bonds. The molecule has 3 nitrogen and oxygen atoms in total. The highest BCUT2D eigenvalue weighted by Crippen LogP contribution is 2.26. The van der Waals surface area contributed by atoms with Gasteiger partial charge in [-0.05, 0) is 35.9 Å². The lowest BCUT2D eigenvalue weighted by Gasteiger charge is -2.05. The Morgan fingerprint density at radius 2 is 1.67 bits per heavy atom. The number of nitrogens with two attached hydrogens (primary N) is 1. The SMILES string of the molecule is NS(=O)(=O)c1ccc(-c2cc(Br)ccc2F)cc1. The number of halogens is 2. The molecule has 0 saturated carbocycles. The third-order valence-corrected chi connectivity index (χ3v) is 3.84. The first-order chi connectivity index (χ1) is 8.38. The lowest BCUT2D eigenvalue weighted by Crippen LogP contribution is -2.11. The van der Waals surface area contributed by atoms with Gasteiger partial charge in [0, 0.05) is 10.0 Å². The molecule has 18 heavy (non-hydrogen) atoms. The van der Waals surface area contributed by atoms with Gasteiger partial charge in [-0.2, -0.15) is 0 Å². The maximum absolute atomic E-state index is 13.6. The van der Waals surface area contributed by atoms with Crippen LogP contribution >= 0.6 is 15.9 Å². The number of hydrogen-bond acceptors (Lipinski definition) is 2. The number of hydrogen-bond donors (Lipinski definition) is 1. The van der Waals surface area contributed by atoms with Crippen LogP contribution < -0.4 is 5.14 Å². The fraction of sp³-hybridized carbons (Fsp3) is 0. The molecule has 0 radical (unpaired) electrons. The van der Waals surface area contributed by atoms with Crippen LogP contribution in [0.25, 0.3) is 11.1 Å². The van der Waals surface area contributed by atoms with Gasteiger partial charge in [0.25, 0.3) is 0 Å². The minimum atomic E-state index is -3.72. The van der Waals surface area contributed by atoms with E-state index in [-0.39, 0.29) is 10.7 Å². The van der Waals surface area contributed by atoms with Gasteiger partial charge < -0.3 is 0 Å². The predicted molar refractivity (Wildman–Crippen MR) is 70.9 cm³/mol. The van der Waals surface area contributed by atoms with Crippen LogP contribution in [0.5, 0.6) is 0 Å². The molecule has 0 spiro atoms. The maximum Gasteiger partial charge on any atom is 0.238 e. The van der Waals surface area contributed by atoms with E-state index in [1.807, 2.05) is 0 Å². The Bertz CT molecular complexity index is 684. The molecule has 0 aliphatic rings. The molecule has 2 aromatic carbocycles. The second-order valence-electron chi connectivity index (χ2n) is 3.69. The van der Waals surface area contributed by atoms with E-state index in [1.54, 1.807) is 12.1 Å². The Morgan fingerprint density at radius 3 is 2.22 bits per heavy atom. The van der Waals surface area contributed by atoms with Crippen LogP contribution in [0.1, 0.15) is 0 Å². The first kappa shape index (κ1) is 13.2. The molecule has 0 fully saturated rings. The molecule has 0 atom stereocenters. The Balaban J connectivity index is 2.50. The average Bonchev–Trinajstić information content (AvgIpc) is 2.31. The third kappa shape index (κ3) is 2.77. The van der Waals surface area contributed by atoms with Crippen LogP contribution in [0.4, 0.5) is 4.39 Å². The molecule has 0 bridgehead atoms. The quantitative estimate of drug-likeness (QED) is 0.920. The second kappa shape index (κ2) is 4.79. The summed E-state index contributed by atoms with van der Waals surface area (Å²) in [7, 11) is -3.72. The topological polar surface area (TPSA) is 60.2 Å². The van der Waals surface area contributed by atoms with Crippen LogP contribution in [0, 0.1) is 5.82 Å². The molecule has 6 heteroatoms. The third-order valence-electron chi connectivity index (χ3n) is 2.42. The van der Waals surface area contributed by atoms with Crippen molar-refractivity contribution in [1.29, 1.82) is 0 Å². The van der Waals surface area contributed by atoms with E-state index < -0.39 is 10.0 Å². The molecule has 0 aliphatic heterocycles. The average molecular weight is 330 g/mol. The van der Waals surface area contributed by atoms with E-state index in [0.717, 1.165) is 4.47 Å². The lowest BCUT2D eigenvalue weighted by molar-refractivity contribution is 0.598. The standard InChI is InChI=1S/C12H9BrFNO2S/c13-9-3-6-12(14)11(7-9)8-1-4-10(5-2-8)18(15,16)17/h1-7H,(H2,15,16,17). The predicted octanol–water partition coefficient (Wildman–Crippen LogP) is 2.90. The van der Waals surface area contributed by atoms with Crippen LogP contribution in [0.2, 0.25) is 0 Å². The Hall–Kier alpha value is -1.24. The fourth-order valence-electron chi connectivity index (χ4n) is 1.54. The van der Waals surface area contributed by atoms with Crippen molar-refractivity contribution in [2.24, 2.45) is 5.14 Å². The van der Waals surface area contributed by atoms with E-state index in [4.69, 9.17) is 5.14 Å². The summed E-state index contributed by atoms with van der Waals surface area (Å²) in [6.07, 6.45) is 0. The fourth-order valence-corrected chi connectivity index (χ4v) is 2.42. The van der Waals surface area contributed by atoms with Crippen molar-refractivity contribution in [2.45, 2.75) is 4.90 Å². The van der Waals surface area contributed by atoms with Crippen LogP contribution in [0.3, 0.4) is 0 Å². The largest absolute Gasteiger partial charge is 0.238 e. The van der Waals surface area contributed by atoms with E-state index in [0.29, 0.717) is 11.1 Å². The molecule has 2 aromatic rings. The van der Waals surface area contributed by atoms with Crippen LogP contribution in [-0.4, -0.2) is 8.42 Å². The van der Waals surface area contributed by atoms with Gasteiger partial charge in [-0.25, -0.2) is 17.9 Å². The van der Waals surface area contributed by atoms with Gasteiger partial charge in [-0.1, -0.05) is 28.1 Å². The molecular weight excluding hydrogens is 321 g/mol. The van der Waals surface area contributed by atoms with E-state index >= 15 is 0 Å². The number of rotatable bonds is 2. The molecule has 0 aromatic heterocycles. The number of benzene rings is 2. The summed E-state index contributed by atoms with van der Waals surface area (Å²) >= 11 is 3.26. The van der Waals surface area contributed by atoms with Gasteiger partial charge in [0.1, 0.15) is 5.82 Å². The summed E-state index contributed by atoms with van der Waals surface area (Å²) in [5.74, 6) is -0.374. The van der Waals surface area contributed by atoms with Crippen molar-refractivity contribution >= 4 is 26.0 Å². The first-order valence-corrected chi connectivity index (χ1v) is 7.30. The van der Waals surface area contributed by atoms with Gasteiger partial charge >= 0.3 is 0 Å². The highest BCUT2D eigenvalue weighted by atomic mass is 79.9. The minimum absolute atomic E-state index is 0.00153. The molecule has 2 N–H and O–H groups in total. The molecule has 2 rings (SSSR count). The zero-order valence-corrected chi connectivity index (χ0v) is 11.5. The van der Waals surface area contributed by atoms with Gasteiger partial charge in [0.15, 0.2) is 0 Å². The zero-order valence-electron chi connectivity index (χ0n) is 9.10.